The molecule has 0 saturated carbocycles. The lowest BCUT2D eigenvalue weighted by molar-refractivity contribution is 0.0775. The Balaban J connectivity index is 1.47. The first-order chi connectivity index (χ1) is 15.9. The molecule has 33 heavy (non-hydrogen) atoms. The number of methoxy groups -OCH3 is 1. The highest BCUT2D eigenvalue weighted by Gasteiger charge is 2.35. The molecule has 0 bridgehead atoms. The number of carbonyl (C=O) groups excluding carboxylic acids is 1. The van der Waals surface area contributed by atoms with Gasteiger partial charge in [-0.3, -0.25) is 0 Å². The molecule has 1 aromatic carbocycles. The fourth-order valence-electron chi connectivity index (χ4n) is 5.03. The standard InChI is InChI=1S/C22H26N6O4S/c1-31-16-8-9-32-21-19(11-25-27(21)12-16)33(24,30)28(13-23)22(29)26-20-17-6-2-4-14(17)10-15-5-3-7-18(15)20/h10-11,16,24H,2-9,12H2,1H3,(H,26,29)/t16-,33-/m0/s1. The van der Waals surface area contributed by atoms with Gasteiger partial charge in [-0.1, -0.05) is 6.07 Å². The van der Waals surface area contributed by atoms with E-state index in [1.807, 2.05) is 0 Å². The van der Waals surface area contributed by atoms with Crippen LogP contribution in [0, 0.1) is 16.2 Å². The van der Waals surface area contributed by atoms with E-state index in [9.17, 15) is 14.3 Å². The van der Waals surface area contributed by atoms with Gasteiger partial charge < -0.3 is 14.8 Å². The van der Waals surface area contributed by atoms with Crippen LogP contribution in [-0.2, 0) is 46.9 Å². The van der Waals surface area contributed by atoms with Crippen LogP contribution in [-0.4, -0.2) is 44.1 Å². The summed E-state index contributed by atoms with van der Waals surface area (Å²) in [7, 11) is -2.44. The number of ether oxygens (including phenoxy) is 2. The van der Waals surface area contributed by atoms with Crippen molar-refractivity contribution < 1.29 is 18.5 Å². The van der Waals surface area contributed by atoms with Crippen molar-refractivity contribution in [3.05, 3.63) is 34.5 Å². The molecule has 10 nitrogen and oxygen atoms in total. The Labute approximate surface area is 192 Å². The highest BCUT2D eigenvalue weighted by molar-refractivity contribution is 7.91. The van der Waals surface area contributed by atoms with Crippen molar-refractivity contribution in [1.82, 2.24) is 14.1 Å². The predicted molar refractivity (Wildman–Crippen MR) is 119 cm³/mol. The smallest absolute Gasteiger partial charge is 0.348 e. The summed E-state index contributed by atoms with van der Waals surface area (Å²) in [5.41, 5.74) is 5.36. The molecule has 2 atom stereocenters. The van der Waals surface area contributed by atoms with E-state index < -0.39 is 15.9 Å². The van der Waals surface area contributed by atoms with Crippen molar-refractivity contribution >= 4 is 21.6 Å². The lowest BCUT2D eigenvalue weighted by Gasteiger charge is -2.21. The van der Waals surface area contributed by atoms with E-state index >= 15 is 0 Å². The summed E-state index contributed by atoms with van der Waals surface area (Å²) in [6, 6.07) is 1.36. The van der Waals surface area contributed by atoms with Crippen LogP contribution < -0.4 is 10.1 Å². The number of urea groups is 1. The fraction of sp³-hybridized carbons (Fsp3) is 0.500. The molecule has 2 amide bonds. The van der Waals surface area contributed by atoms with Crippen LogP contribution in [0.3, 0.4) is 0 Å². The summed E-state index contributed by atoms with van der Waals surface area (Å²) in [6.45, 7) is 0.649. The highest BCUT2D eigenvalue weighted by atomic mass is 32.2. The number of carbonyl (C=O) groups is 1. The molecule has 0 fully saturated rings. The molecule has 2 aromatic rings. The van der Waals surface area contributed by atoms with E-state index in [0.717, 1.165) is 55.3 Å². The highest BCUT2D eigenvalue weighted by Crippen LogP contribution is 2.39. The average molecular weight is 471 g/mol. The van der Waals surface area contributed by atoms with Gasteiger partial charge in [0.1, 0.15) is 0 Å². The van der Waals surface area contributed by atoms with Gasteiger partial charge in [0.25, 0.3) is 0 Å². The number of rotatable bonds is 4. The van der Waals surface area contributed by atoms with E-state index in [-0.39, 0.29) is 23.5 Å². The van der Waals surface area contributed by atoms with E-state index in [0.29, 0.717) is 17.3 Å². The van der Waals surface area contributed by atoms with Crippen molar-refractivity contribution in [2.75, 3.05) is 19.0 Å². The fourth-order valence-corrected chi connectivity index (χ4v) is 6.21. The van der Waals surface area contributed by atoms with Gasteiger partial charge in [-0.2, -0.15) is 10.4 Å². The van der Waals surface area contributed by atoms with Crippen molar-refractivity contribution in [3.8, 4) is 12.1 Å². The normalized spacial score (nSPS) is 20.4. The third kappa shape index (κ3) is 3.63. The lowest BCUT2D eigenvalue weighted by atomic mass is 9.99. The number of nitriles is 1. The molecule has 0 unspecified atom stereocenters. The third-order valence-electron chi connectivity index (χ3n) is 6.68. The molecule has 2 aliphatic carbocycles. The third-order valence-corrected chi connectivity index (χ3v) is 8.32. The summed E-state index contributed by atoms with van der Waals surface area (Å²) in [6.07, 6.45) is 9.03. The number of benzene rings is 1. The first-order valence-corrected chi connectivity index (χ1v) is 12.6. The summed E-state index contributed by atoms with van der Waals surface area (Å²) in [5.74, 6) is 0.129. The molecule has 0 radical (unpaired) electrons. The molecular weight excluding hydrogens is 444 g/mol. The molecule has 0 saturated heterocycles. The Hall–Kier alpha value is -3.10. The number of amides is 2. The molecule has 5 rings (SSSR count). The molecule has 174 valence electrons. The van der Waals surface area contributed by atoms with Gasteiger partial charge in [0, 0.05) is 19.2 Å². The van der Waals surface area contributed by atoms with Crippen LogP contribution in [0.4, 0.5) is 10.5 Å². The maximum atomic E-state index is 13.6. The van der Waals surface area contributed by atoms with E-state index in [2.05, 4.69) is 16.5 Å². The Morgan fingerprint density at radius 3 is 2.67 bits per heavy atom. The number of anilines is 1. The van der Waals surface area contributed by atoms with Crippen molar-refractivity contribution in [3.63, 3.8) is 0 Å². The summed E-state index contributed by atoms with van der Waals surface area (Å²) in [5, 5.41) is 16.8. The number of nitrogens with one attached hydrogen (secondary N) is 2. The number of aromatic nitrogens is 2. The van der Waals surface area contributed by atoms with Gasteiger partial charge in [0.2, 0.25) is 12.1 Å². The van der Waals surface area contributed by atoms with Crippen molar-refractivity contribution in [2.24, 2.45) is 0 Å². The molecule has 3 aliphatic rings. The van der Waals surface area contributed by atoms with Gasteiger partial charge in [0.05, 0.1) is 25.5 Å². The second-order valence-electron chi connectivity index (χ2n) is 8.58. The second kappa shape index (κ2) is 8.35. The number of aryl methyl sites for hydroxylation is 2. The molecule has 2 N–H and O–H groups in total. The monoisotopic (exact) mass is 470 g/mol. The lowest BCUT2D eigenvalue weighted by Crippen LogP contribution is -2.36. The Kier molecular flexibility index (Phi) is 5.50. The summed E-state index contributed by atoms with van der Waals surface area (Å²) >= 11 is 0. The van der Waals surface area contributed by atoms with E-state index in [1.54, 1.807) is 13.3 Å². The van der Waals surface area contributed by atoms with Crippen LogP contribution in [0.25, 0.3) is 0 Å². The molecule has 1 aliphatic heterocycles. The Morgan fingerprint density at radius 1 is 1.33 bits per heavy atom. The minimum atomic E-state index is -4.03. The second-order valence-corrected chi connectivity index (χ2v) is 10.4. The van der Waals surface area contributed by atoms with Gasteiger partial charge in [-0.15, -0.1) is 4.31 Å². The molecular formula is C22H26N6O4S. The number of hydrogen-bond acceptors (Lipinski definition) is 7. The SMILES string of the molecule is CO[C@H]1CCOc2c([S@@](=N)(=O)N(C#N)C(=O)Nc3c4c(cc5c3CCC5)CCC4)cnn2C1. The van der Waals surface area contributed by atoms with Crippen LogP contribution in [0.5, 0.6) is 5.88 Å². The number of hydrogen-bond donors (Lipinski definition) is 2. The van der Waals surface area contributed by atoms with Crippen LogP contribution in [0.1, 0.15) is 41.5 Å². The molecule has 11 heteroatoms. The minimum Gasteiger partial charge on any atom is -0.477 e. The van der Waals surface area contributed by atoms with Gasteiger partial charge in [-0.05, 0) is 60.8 Å². The van der Waals surface area contributed by atoms with Crippen LogP contribution in [0.15, 0.2) is 17.2 Å². The summed E-state index contributed by atoms with van der Waals surface area (Å²) < 4.78 is 35.1. The Bertz CT molecular complexity index is 1230. The largest absolute Gasteiger partial charge is 0.477 e. The van der Waals surface area contributed by atoms with Crippen molar-refractivity contribution in [1.29, 1.82) is 10.0 Å². The molecule has 2 heterocycles. The first kappa shape index (κ1) is 21.7. The van der Waals surface area contributed by atoms with Gasteiger partial charge in [-0.25, -0.2) is 18.5 Å². The number of nitrogens with zero attached hydrogens (tertiary/aromatic N) is 4. The zero-order valence-electron chi connectivity index (χ0n) is 18.4. The van der Waals surface area contributed by atoms with Crippen molar-refractivity contribution in [2.45, 2.75) is 62.5 Å². The van der Waals surface area contributed by atoms with Crippen LogP contribution in [0.2, 0.25) is 0 Å². The van der Waals surface area contributed by atoms with E-state index in [4.69, 9.17) is 14.3 Å². The molecule has 0 spiro atoms. The topological polar surface area (TPSA) is 133 Å². The number of fused-ring (bicyclic) bond motifs is 3. The van der Waals surface area contributed by atoms with Gasteiger partial charge >= 0.3 is 6.03 Å². The Morgan fingerprint density at radius 2 is 2.03 bits per heavy atom. The summed E-state index contributed by atoms with van der Waals surface area (Å²) in [4.78, 5) is 13.1. The van der Waals surface area contributed by atoms with Gasteiger partial charge in [0.15, 0.2) is 14.8 Å². The minimum absolute atomic E-state index is 0.0977. The zero-order chi connectivity index (χ0) is 23.2. The quantitative estimate of drug-likeness (QED) is 0.521. The predicted octanol–water partition coefficient (Wildman–Crippen LogP) is 2.99. The average Bonchev–Trinajstić information content (AvgIpc) is 3.51. The van der Waals surface area contributed by atoms with E-state index in [1.165, 1.54) is 22.0 Å². The zero-order valence-corrected chi connectivity index (χ0v) is 19.2. The maximum Gasteiger partial charge on any atom is 0.348 e. The molecule has 1 aromatic heterocycles. The first-order valence-electron chi connectivity index (χ1n) is 11.1. The maximum absolute atomic E-state index is 13.6. The van der Waals surface area contributed by atoms with Crippen LogP contribution >= 0.6 is 0 Å².